The Bertz CT molecular complexity index is 429. The van der Waals surface area contributed by atoms with E-state index in [1.807, 2.05) is 6.20 Å². The zero-order chi connectivity index (χ0) is 11.8. The molecule has 0 bridgehead atoms. The van der Waals surface area contributed by atoms with Gasteiger partial charge in [-0.25, -0.2) is 11.3 Å². The number of hydrogen-bond donors (Lipinski definition) is 4. The second-order valence-electron chi connectivity index (χ2n) is 4.24. The fourth-order valence-corrected chi connectivity index (χ4v) is 2.58. The number of rotatable bonds is 1. The lowest BCUT2D eigenvalue weighted by atomic mass is 9.93. The van der Waals surface area contributed by atoms with Gasteiger partial charge in [-0.15, -0.1) is 0 Å². The van der Waals surface area contributed by atoms with E-state index in [1.54, 1.807) is 12.4 Å². The maximum atomic E-state index is 11.7. The van der Waals surface area contributed by atoms with Crippen LogP contribution >= 0.6 is 0 Å². The average molecular weight is 234 g/mol. The number of carbonyl (C=O) groups is 1. The third kappa shape index (κ3) is 1.55. The van der Waals surface area contributed by atoms with E-state index < -0.39 is 0 Å². The van der Waals surface area contributed by atoms with Gasteiger partial charge < -0.3 is 4.90 Å². The fourth-order valence-electron chi connectivity index (χ4n) is 2.58. The van der Waals surface area contributed by atoms with E-state index in [2.05, 4.69) is 32.2 Å². The van der Waals surface area contributed by atoms with Gasteiger partial charge in [0, 0.05) is 24.9 Å². The predicted octanol–water partition coefficient (Wildman–Crippen LogP) is -1.81. The van der Waals surface area contributed by atoms with Gasteiger partial charge in [-0.05, 0) is 0 Å². The third-order valence-corrected chi connectivity index (χ3v) is 3.32. The first kappa shape index (κ1) is 10.5. The molecule has 0 aromatic rings. The van der Waals surface area contributed by atoms with E-state index in [0.717, 1.165) is 12.2 Å². The zero-order valence-electron chi connectivity index (χ0n) is 9.13. The first-order valence-electron chi connectivity index (χ1n) is 5.50. The van der Waals surface area contributed by atoms with Crippen LogP contribution in [-0.4, -0.2) is 35.7 Å². The summed E-state index contributed by atoms with van der Waals surface area (Å²) >= 11 is 0. The highest BCUT2D eigenvalue weighted by Crippen LogP contribution is 2.31. The van der Waals surface area contributed by atoms with Crippen molar-refractivity contribution in [2.45, 2.75) is 12.1 Å². The highest BCUT2D eigenvalue weighted by atomic mass is 16.2. The summed E-state index contributed by atoms with van der Waals surface area (Å²) in [6, 6.07) is -0.346. The van der Waals surface area contributed by atoms with Gasteiger partial charge >= 0.3 is 0 Å². The van der Waals surface area contributed by atoms with Crippen molar-refractivity contribution >= 4 is 12.1 Å². The molecule has 17 heavy (non-hydrogen) atoms. The van der Waals surface area contributed by atoms with Crippen molar-refractivity contribution in [1.29, 1.82) is 0 Å². The monoisotopic (exact) mass is 234 g/mol. The number of nitrogens with zero attached hydrogens (tertiary/aromatic N) is 2. The normalized spacial score (nSPS) is 34.1. The molecule has 90 valence electrons. The number of nitrogens with one attached hydrogen (secondary N) is 3. The Morgan fingerprint density at radius 1 is 1.65 bits per heavy atom. The average Bonchev–Trinajstić information content (AvgIpc) is 2.76. The number of nitrogens with two attached hydrogens (primary N) is 1. The van der Waals surface area contributed by atoms with Crippen molar-refractivity contribution in [3.05, 3.63) is 24.2 Å². The van der Waals surface area contributed by atoms with E-state index in [0.29, 0.717) is 0 Å². The molecule has 3 aliphatic heterocycles. The topological polar surface area (TPSA) is 94.8 Å². The van der Waals surface area contributed by atoms with E-state index >= 15 is 0 Å². The molecule has 3 aliphatic rings. The number of amides is 1. The van der Waals surface area contributed by atoms with Crippen molar-refractivity contribution in [2.75, 3.05) is 6.54 Å². The van der Waals surface area contributed by atoms with Gasteiger partial charge in [0.1, 0.15) is 6.04 Å². The van der Waals surface area contributed by atoms with Crippen LogP contribution in [0.2, 0.25) is 0 Å². The molecule has 1 amide bonds. The molecular formula is C10H14N6O. The first-order valence-corrected chi connectivity index (χ1v) is 5.50. The molecule has 7 nitrogen and oxygen atoms in total. The fraction of sp³-hybridized carbons (Fsp3) is 0.400. The number of fused-ring (bicyclic) bond motifs is 3. The van der Waals surface area contributed by atoms with E-state index in [9.17, 15) is 4.79 Å². The van der Waals surface area contributed by atoms with Crippen LogP contribution in [-0.2, 0) is 4.79 Å². The third-order valence-electron chi connectivity index (χ3n) is 3.32. The SMILES string of the molecule is NNC(=O)C1NNCC2C=C3C=NC=CN3C21. The van der Waals surface area contributed by atoms with E-state index in [-0.39, 0.29) is 23.9 Å². The summed E-state index contributed by atoms with van der Waals surface area (Å²) in [5.74, 6) is 5.25. The van der Waals surface area contributed by atoms with Crippen molar-refractivity contribution in [1.82, 2.24) is 21.2 Å². The smallest absolute Gasteiger partial charge is 0.254 e. The van der Waals surface area contributed by atoms with Crippen molar-refractivity contribution in [3.63, 3.8) is 0 Å². The molecule has 3 rings (SSSR count). The Morgan fingerprint density at radius 3 is 3.35 bits per heavy atom. The lowest BCUT2D eigenvalue weighted by Crippen LogP contribution is -2.66. The molecule has 0 radical (unpaired) electrons. The lowest BCUT2D eigenvalue weighted by molar-refractivity contribution is -0.125. The summed E-state index contributed by atoms with van der Waals surface area (Å²) in [7, 11) is 0. The van der Waals surface area contributed by atoms with Gasteiger partial charge in [0.25, 0.3) is 5.91 Å². The van der Waals surface area contributed by atoms with Crippen molar-refractivity contribution in [3.8, 4) is 0 Å². The molecule has 0 aromatic carbocycles. The summed E-state index contributed by atoms with van der Waals surface area (Å²) in [6.45, 7) is 0.778. The Balaban J connectivity index is 1.90. The molecule has 0 aromatic heterocycles. The lowest BCUT2D eigenvalue weighted by Gasteiger charge is -2.38. The molecule has 3 heterocycles. The van der Waals surface area contributed by atoms with Gasteiger partial charge in [0.2, 0.25) is 0 Å². The Morgan fingerprint density at radius 2 is 2.53 bits per heavy atom. The Labute approximate surface area is 98.4 Å². The number of carbonyl (C=O) groups excluding carboxylic acids is 1. The molecule has 1 saturated heterocycles. The maximum Gasteiger partial charge on any atom is 0.254 e. The molecule has 0 spiro atoms. The van der Waals surface area contributed by atoms with Crippen LogP contribution in [0.3, 0.4) is 0 Å². The predicted molar refractivity (Wildman–Crippen MR) is 62.1 cm³/mol. The molecule has 5 N–H and O–H groups in total. The van der Waals surface area contributed by atoms with Crippen molar-refractivity contribution in [2.24, 2.45) is 16.8 Å². The summed E-state index contributed by atoms with van der Waals surface area (Å²) in [6.07, 6.45) is 7.54. The summed E-state index contributed by atoms with van der Waals surface area (Å²) in [4.78, 5) is 17.9. The molecule has 0 aliphatic carbocycles. The summed E-state index contributed by atoms with van der Waals surface area (Å²) in [5, 5.41) is 0. The standard InChI is InChI=1S/C10H14N6O/c11-14-10(17)8-9-6(4-13-15-8)3-7-5-12-1-2-16(7)9/h1-3,5-6,8-9,13,15H,4,11H2,(H,14,17). The van der Waals surface area contributed by atoms with E-state index in [4.69, 9.17) is 5.84 Å². The summed E-state index contributed by atoms with van der Waals surface area (Å²) in [5.41, 5.74) is 9.23. The van der Waals surface area contributed by atoms with Gasteiger partial charge in [0.15, 0.2) is 0 Å². The second kappa shape index (κ2) is 3.95. The van der Waals surface area contributed by atoms with Gasteiger partial charge in [0.05, 0.1) is 18.0 Å². The summed E-state index contributed by atoms with van der Waals surface area (Å²) < 4.78 is 0. The largest absolute Gasteiger partial charge is 0.340 e. The molecule has 0 saturated carbocycles. The number of aliphatic imine (C=N–C) groups is 1. The number of hydrogen-bond acceptors (Lipinski definition) is 6. The zero-order valence-corrected chi connectivity index (χ0v) is 9.13. The molecule has 3 unspecified atom stereocenters. The van der Waals surface area contributed by atoms with E-state index in [1.165, 1.54) is 0 Å². The number of hydrazine groups is 2. The Hall–Kier alpha value is -1.70. The molecular weight excluding hydrogens is 220 g/mol. The Kier molecular flexibility index (Phi) is 2.43. The minimum atomic E-state index is -0.386. The highest BCUT2D eigenvalue weighted by molar-refractivity contribution is 5.85. The van der Waals surface area contributed by atoms with Crippen LogP contribution in [0.4, 0.5) is 0 Å². The van der Waals surface area contributed by atoms with Gasteiger partial charge in [-0.2, -0.15) is 0 Å². The second-order valence-corrected chi connectivity index (χ2v) is 4.24. The highest BCUT2D eigenvalue weighted by Gasteiger charge is 2.44. The van der Waals surface area contributed by atoms with Crippen LogP contribution < -0.4 is 22.1 Å². The first-order chi connectivity index (χ1) is 8.31. The molecule has 1 fully saturated rings. The van der Waals surface area contributed by atoms with Crippen LogP contribution in [0, 0.1) is 5.92 Å². The maximum absolute atomic E-state index is 11.7. The minimum absolute atomic E-state index is 0.0396. The van der Waals surface area contributed by atoms with Crippen LogP contribution in [0.1, 0.15) is 0 Å². The van der Waals surface area contributed by atoms with Crippen LogP contribution in [0.5, 0.6) is 0 Å². The molecule has 7 heteroatoms. The van der Waals surface area contributed by atoms with Gasteiger partial charge in [-0.3, -0.25) is 20.6 Å². The van der Waals surface area contributed by atoms with Crippen molar-refractivity contribution < 1.29 is 4.79 Å². The van der Waals surface area contributed by atoms with Crippen LogP contribution in [0.15, 0.2) is 29.2 Å². The molecule has 3 atom stereocenters. The minimum Gasteiger partial charge on any atom is -0.340 e. The van der Waals surface area contributed by atoms with Crippen LogP contribution in [0.25, 0.3) is 0 Å². The van der Waals surface area contributed by atoms with Gasteiger partial charge in [-0.1, -0.05) is 6.08 Å². The number of allylic oxidation sites excluding steroid dienone is 1. The quantitative estimate of drug-likeness (QED) is 0.244.